The number of benzene rings is 1. The first-order chi connectivity index (χ1) is 15.5. The van der Waals surface area contributed by atoms with Crippen LogP contribution >= 0.6 is 0 Å². The molecule has 0 spiro atoms. The van der Waals surface area contributed by atoms with Crippen molar-refractivity contribution in [2.24, 2.45) is 11.8 Å². The first kappa shape index (κ1) is 24.4. The molecule has 5 nitrogen and oxygen atoms in total. The molecule has 176 valence electrons. The average molecular weight is 440 g/mol. The number of pyridine rings is 1. The number of hydrogen-bond donors (Lipinski definition) is 2. The maximum Gasteiger partial charge on any atom is 0.157 e. The zero-order valence-electron chi connectivity index (χ0n) is 20.2. The highest BCUT2D eigenvalue weighted by atomic mass is 16.5. The van der Waals surface area contributed by atoms with E-state index in [9.17, 15) is 5.11 Å². The van der Waals surface area contributed by atoms with Crippen molar-refractivity contribution >= 4 is 16.6 Å². The maximum absolute atomic E-state index is 10.4. The highest BCUT2D eigenvalue weighted by molar-refractivity contribution is 5.95. The van der Waals surface area contributed by atoms with E-state index in [1.54, 1.807) is 7.11 Å². The summed E-state index contributed by atoms with van der Waals surface area (Å²) in [7, 11) is 1.65. The Morgan fingerprint density at radius 1 is 1.34 bits per heavy atom. The van der Waals surface area contributed by atoms with Gasteiger partial charge in [0.2, 0.25) is 0 Å². The predicted molar refractivity (Wildman–Crippen MR) is 135 cm³/mol. The zero-order valence-corrected chi connectivity index (χ0v) is 20.2. The molecule has 5 heteroatoms. The van der Waals surface area contributed by atoms with Crippen LogP contribution in [0.5, 0.6) is 11.5 Å². The van der Waals surface area contributed by atoms with Gasteiger partial charge < -0.3 is 20.1 Å². The van der Waals surface area contributed by atoms with Gasteiger partial charge in [0, 0.05) is 11.9 Å². The fraction of sp³-hybridized carbons (Fsp3) is 0.593. The van der Waals surface area contributed by atoms with Gasteiger partial charge in [0.1, 0.15) is 5.75 Å². The summed E-state index contributed by atoms with van der Waals surface area (Å²) in [6.45, 7) is 13.3. The normalized spacial score (nSPS) is 16.2. The number of nitrogens with zero attached hydrogens (tertiary/aromatic N) is 2. The van der Waals surface area contributed by atoms with Crippen molar-refractivity contribution in [1.82, 2.24) is 9.88 Å². The van der Waals surface area contributed by atoms with Crippen LogP contribution in [0.2, 0.25) is 0 Å². The minimum absolute atomic E-state index is 0.190. The summed E-state index contributed by atoms with van der Waals surface area (Å²) in [4.78, 5) is 6.95. The molecule has 0 radical (unpaired) electrons. The summed E-state index contributed by atoms with van der Waals surface area (Å²) < 4.78 is 5.34. The zero-order chi connectivity index (χ0) is 22.9. The second kappa shape index (κ2) is 12.1. The van der Waals surface area contributed by atoms with Crippen LogP contribution in [0.1, 0.15) is 58.8 Å². The van der Waals surface area contributed by atoms with E-state index in [0.717, 1.165) is 41.2 Å². The molecule has 32 heavy (non-hydrogen) atoms. The molecule has 0 amide bonds. The number of anilines is 1. The Morgan fingerprint density at radius 2 is 2.12 bits per heavy atom. The standard InChI is InChI=1S/C27H41N3O2/c1-5-6-7-20(2)21(3)11-15-30-16-12-22(13-17-30)10-14-28-27-24-18-23(32-4)8-9-25(24)29-19-26(27)31/h8-9,18-19,21-22,31H,2,5-7,10-17H2,1,3-4H3,(H,28,29). The number of hydrogen-bond acceptors (Lipinski definition) is 5. The molecule has 2 N–H and O–H groups in total. The number of allylic oxidation sites excluding steroid dienone is 1. The molecule has 1 atom stereocenters. The number of piperidine rings is 1. The molecule has 1 fully saturated rings. The summed E-state index contributed by atoms with van der Waals surface area (Å²) >= 11 is 0. The van der Waals surface area contributed by atoms with Crippen LogP contribution < -0.4 is 10.1 Å². The number of methoxy groups -OCH3 is 1. The van der Waals surface area contributed by atoms with Crippen LogP contribution in [0.25, 0.3) is 10.9 Å². The number of unbranched alkanes of at least 4 members (excludes halogenated alkanes) is 1. The predicted octanol–water partition coefficient (Wildman–Crippen LogP) is 6.24. The van der Waals surface area contributed by atoms with Crippen LogP contribution in [0, 0.1) is 11.8 Å². The molecular weight excluding hydrogens is 398 g/mol. The highest BCUT2D eigenvalue weighted by Gasteiger charge is 2.20. The summed E-state index contributed by atoms with van der Waals surface area (Å²) in [5.41, 5.74) is 3.03. The van der Waals surface area contributed by atoms with Crippen molar-refractivity contribution in [3.63, 3.8) is 0 Å². The van der Waals surface area contributed by atoms with E-state index < -0.39 is 0 Å². The quantitative estimate of drug-likeness (QED) is 0.384. The van der Waals surface area contributed by atoms with Gasteiger partial charge in [-0.25, -0.2) is 0 Å². The Morgan fingerprint density at radius 3 is 2.84 bits per heavy atom. The lowest BCUT2D eigenvalue weighted by atomic mass is 9.91. The second-order valence-corrected chi connectivity index (χ2v) is 9.35. The Balaban J connectivity index is 1.42. The number of nitrogens with one attached hydrogen (secondary N) is 1. The molecule has 1 aliphatic rings. The maximum atomic E-state index is 10.4. The van der Waals surface area contributed by atoms with Crippen molar-refractivity contribution in [3.05, 3.63) is 36.5 Å². The lowest BCUT2D eigenvalue weighted by molar-refractivity contribution is 0.174. The Bertz CT molecular complexity index is 875. The van der Waals surface area contributed by atoms with Gasteiger partial charge in [0.15, 0.2) is 5.75 Å². The van der Waals surface area contributed by atoms with Crippen LogP contribution in [-0.2, 0) is 0 Å². The first-order valence-electron chi connectivity index (χ1n) is 12.3. The fourth-order valence-electron chi connectivity index (χ4n) is 4.60. The van der Waals surface area contributed by atoms with Gasteiger partial charge in [-0.1, -0.05) is 32.4 Å². The molecule has 0 saturated carbocycles. The van der Waals surface area contributed by atoms with E-state index in [2.05, 4.69) is 35.6 Å². The lowest BCUT2D eigenvalue weighted by Gasteiger charge is -2.33. The minimum atomic E-state index is 0.190. The third-order valence-electron chi connectivity index (χ3n) is 7.04. The van der Waals surface area contributed by atoms with Crippen molar-refractivity contribution in [3.8, 4) is 11.5 Å². The minimum Gasteiger partial charge on any atom is -0.504 e. The van der Waals surface area contributed by atoms with Crippen LogP contribution in [0.3, 0.4) is 0 Å². The van der Waals surface area contributed by atoms with Crippen molar-refractivity contribution in [2.45, 2.75) is 58.8 Å². The fourth-order valence-corrected chi connectivity index (χ4v) is 4.60. The lowest BCUT2D eigenvalue weighted by Crippen LogP contribution is -2.35. The summed E-state index contributed by atoms with van der Waals surface area (Å²) in [6, 6.07) is 5.75. The summed E-state index contributed by atoms with van der Waals surface area (Å²) in [5, 5.41) is 14.7. The molecule has 0 aliphatic carbocycles. The topological polar surface area (TPSA) is 57.6 Å². The third kappa shape index (κ3) is 6.61. The van der Waals surface area contributed by atoms with E-state index in [1.165, 1.54) is 69.9 Å². The van der Waals surface area contributed by atoms with Crippen LogP contribution in [0.4, 0.5) is 5.69 Å². The number of likely N-dealkylation sites (tertiary alicyclic amines) is 1. The van der Waals surface area contributed by atoms with Gasteiger partial charge >= 0.3 is 0 Å². The first-order valence-corrected chi connectivity index (χ1v) is 12.3. The van der Waals surface area contributed by atoms with Gasteiger partial charge in [-0.3, -0.25) is 4.98 Å². The van der Waals surface area contributed by atoms with Crippen molar-refractivity contribution in [1.29, 1.82) is 0 Å². The smallest absolute Gasteiger partial charge is 0.157 e. The van der Waals surface area contributed by atoms with Crippen LogP contribution in [0.15, 0.2) is 36.5 Å². The molecular formula is C27H41N3O2. The van der Waals surface area contributed by atoms with E-state index in [4.69, 9.17) is 4.74 Å². The Kier molecular flexibility index (Phi) is 9.22. The van der Waals surface area contributed by atoms with E-state index in [-0.39, 0.29) is 5.75 Å². The number of aromatic nitrogens is 1. The average Bonchev–Trinajstić information content (AvgIpc) is 2.82. The molecule has 1 aromatic carbocycles. The second-order valence-electron chi connectivity index (χ2n) is 9.35. The molecule has 1 saturated heterocycles. The summed E-state index contributed by atoms with van der Waals surface area (Å²) in [6.07, 6.45) is 10.1. The molecule has 2 aromatic rings. The van der Waals surface area contributed by atoms with E-state index >= 15 is 0 Å². The van der Waals surface area contributed by atoms with Crippen molar-refractivity contribution in [2.75, 3.05) is 38.6 Å². The van der Waals surface area contributed by atoms with Crippen molar-refractivity contribution < 1.29 is 9.84 Å². The molecule has 1 unspecified atom stereocenters. The Hall–Kier alpha value is -2.27. The van der Waals surface area contributed by atoms with Gasteiger partial charge in [0.25, 0.3) is 0 Å². The molecule has 1 aliphatic heterocycles. The van der Waals surface area contributed by atoms with Crippen LogP contribution in [-0.4, -0.2) is 48.3 Å². The largest absolute Gasteiger partial charge is 0.504 e. The highest BCUT2D eigenvalue weighted by Crippen LogP contribution is 2.33. The van der Waals surface area contributed by atoms with E-state index in [0.29, 0.717) is 5.92 Å². The monoisotopic (exact) mass is 439 g/mol. The molecule has 0 bridgehead atoms. The van der Waals surface area contributed by atoms with Gasteiger partial charge in [-0.05, 0) is 88.2 Å². The third-order valence-corrected chi connectivity index (χ3v) is 7.04. The molecule has 3 rings (SSSR count). The molecule has 1 aromatic heterocycles. The number of aromatic hydroxyl groups is 1. The van der Waals surface area contributed by atoms with Gasteiger partial charge in [-0.2, -0.15) is 0 Å². The Labute approximate surface area is 193 Å². The van der Waals surface area contributed by atoms with Gasteiger partial charge in [0.05, 0.1) is 24.5 Å². The summed E-state index contributed by atoms with van der Waals surface area (Å²) in [5.74, 6) is 2.32. The van der Waals surface area contributed by atoms with E-state index in [1.807, 2.05) is 18.2 Å². The number of ether oxygens (including phenoxy) is 1. The number of rotatable bonds is 12. The molecule has 2 heterocycles. The van der Waals surface area contributed by atoms with Gasteiger partial charge in [-0.15, -0.1) is 0 Å². The number of fused-ring (bicyclic) bond motifs is 1. The SMILES string of the molecule is C=C(CCCC)C(C)CCN1CCC(CCNc2c(O)cnc3ccc(OC)cc23)CC1.